The summed E-state index contributed by atoms with van der Waals surface area (Å²) in [5, 5.41) is 14.4. The summed E-state index contributed by atoms with van der Waals surface area (Å²) in [7, 11) is 0. The molecular formula is C14H14N2O5. The predicted octanol–water partition coefficient (Wildman–Crippen LogP) is 0.755. The minimum atomic E-state index is -1.15. The fourth-order valence-corrected chi connectivity index (χ4v) is 2.43. The minimum Gasteiger partial charge on any atom is -0.482 e. The molecule has 1 fully saturated rings. The van der Waals surface area contributed by atoms with Gasteiger partial charge in [-0.2, -0.15) is 0 Å². The van der Waals surface area contributed by atoms with Gasteiger partial charge < -0.3 is 20.5 Å². The quantitative estimate of drug-likeness (QED) is 0.762. The number of carbonyl (C=O) groups is 3. The molecule has 0 unspecified atom stereocenters. The minimum absolute atomic E-state index is 0.100. The van der Waals surface area contributed by atoms with Crippen LogP contribution in [0.25, 0.3) is 0 Å². The Morgan fingerprint density at radius 2 is 2.10 bits per heavy atom. The molecule has 0 radical (unpaired) electrons. The van der Waals surface area contributed by atoms with Crippen LogP contribution in [0.5, 0.6) is 5.75 Å². The summed E-state index contributed by atoms with van der Waals surface area (Å²) in [5.41, 5.74) is -0.348. The van der Waals surface area contributed by atoms with Gasteiger partial charge in [-0.05, 0) is 37.5 Å². The van der Waals surface area contributed by atoms with Gasteiger partial charge in [0.15, 0.2) is 6.61 Å². The molecule has 0 bridgehead atoms. The normalized spacial score (nSPS) is 18.6. The summed E-state index contributed by atoms with van der Waals surface area (Å²) in [4.78, 5) is 34.6. The Morgan fingerprint density at radius 3 is 2.71 bits per heavy atom. The number of amides is 2. The van der Waals surface area contributed by atoms with Gasteiger partial charge in [-0.15, -0.1) is 0 Å². The molecule has 1 heterocycles. The van der Waals surface area contributed by atoms with Crippen LogP contribution >= 0.6 is 0 Å². The number of rotatable bonds is 3. The highest BCUT2D eigenvalue weighted by Gasteiger charge is 2.45. The summed E-state index contributed by atoms with van der Waals surface area (Å²) in [6.45, 7) is -0.100. The topological polar surface area (TPSA) is 105 Å². The molecule has 2 aliphatic rings. The van der Waals surface area contributed by atoms with Crippen molar-refractivity contribution in [1.29, 1.82) is 0 Å². The van der Waals surface area contributed by atoms with Crippen molar-refractivity contribution in [3.63, 3.8) is 0 Å². The number of hydrogen-bond acceptors (Lipinski definition) is 4. The average Bonchev–Trinajstić information content (AvgIpc) is 2.41. The molecule has 3 rings (SSSR count). The van der Waals surface area contributed by atoms with E-state index in [1.54, 1.807) is 6.07 Å². The molecule has 3 N–H and O–H groups in total. The van der Waals surface area contributed by atoms with Gasteiger partial charge in [-0.25, -0.2) is 4.79 Å². The molecule has 0 aromatic heterocycles. The van der Waals surface area contributed by atoms with Gasteiger partial charge in [-0.1, -0.05) is 0 Å². The van der Waals surface area contributed by atoms with Crippen LogP contribution in [0.3, 0.4) is 0 Å². The second kappa shape index (κ2) is 4.76. The van der Waals surface area contributed by atoms with Crippen LogP contribution in [-0.4, -0.2) is 35.0 Å². The van der Waals surface area contributed by atoms with Gasteiger partial charge in [0.05, 0.1) is 5.69 Å². The molecule has 1 aromatic carbocycles. The number of benzene rings is 1. The van der Waals surface area contributed by atoms with Crippen LogP contribution in [0.2, 0.25) is 0 Å². The van der Waals surface area contributed by atoms with Crippen molar-refractivity contribution in [2.75, 3.05) is 11.9 Å². The number of fused-ring (bicyclic) bond motifs is 1. The third-order valence-electron chi connectivity index (χ3n) is 3.85. The van der Waals surface area contributed by atoms with Gasteiger partial charge in [-0.3, -0.25) is 9.59 Å². The molecule has 0 atom stereocenters. The van der Waals surface area contributed by atoms with Gasteiger partial charge in [0.2, 0.25) is 0 Å². The summed E-state index contributed by atoms with van der Waals surface area (Å²) >= 11 is 0. The second-order valence-corrected chi connectivity index (χ2v) is 5.24. The Bertz CT molecular complexity index is 636. The highest BCUT2D eigenvalue weighted by Crippen LogP contribution is 2.33. The summed E-state index contributed by atoms with van der Waals surface area (Å²) < 4.78 is 5.24. The van der Waals surface area contributed by atoms with E-state index in [0.717, 1.165) is 6.42 Å². The first kappa shape index (κ1) is 13.4. The van der Waals surface area contributed by atoms with E-state index in [9.17, 15) is 19.5 Å². The first-order chi connectivity index (χ1) is 10.00. The first-order valence-electron chi connectivity index (χ1n) is 6.63. The third kappa shape index (κ3) is 2.31. The van der Waals surface area contributed by atoms with Crippen LogP contribution in [-0.2, 0) is 9.59 Å². The van der Waals surface area contributed by atoms with Crippen LogP contribution in [0.1, 0.15) is 29.6 Å². The maximum atomic E-state index is 12.2. The number of carbonyl (C=O) groups excluding carboxylic acids is 2. The lowest BCUT2D eigenvalue weighted by molar-refractivity contribution is -0.148. The monoisotopic (exact) mass is 290 g/mol. The van der Waals surface area contributed by atoms with E-state index in [4.69, 9.17) is 4.74 Å². The van der Waals surface area contributed by atoms with Crippen molar-refractivity contribution in [2.45, 2.75) is 24.8 Å². The first-order valence-corrected chi connectivity index (χ1v) is 6.63. The van der Waals surface area contributed by atoms with Crippen molar-refractivity contribution in [3.05, 3.63) is 23.8 Å². The summed E-state index contributed by atoms with van der Waals surface area (Å²) in [5.74, 6) is -1.32. The maximum absolute atomic E-state index is 12.2. The zero-order chi connectivity index (χ0) is 15.0. The zero-order valence-electron chi connectivity index (χ0n) is 11.1. The van der Waals surface area contributed by atoms with Gasteiger partial charge in [0.25, 0.3) is 11.8 Å². The van der Waals surface area contributed by atoms with E-state index < -0.39 is 17.4 Å². The Balaban J connectivity index is 1.79. The molecule has 1 aliphatic heterocycles. The standard InChI is InChI=1S/C14H14N2O5/c17-11-7-21-10-6-8(2-3-9(10)15-11)12(18)16-14(13(19)20)4-1-5-14/h2-3,6H,1,4-5,7H2,(H,15,17)(H,16,18)(H,19,20). The van der Waals surface area contributed by atoms with Crippen LogP contribution in [0, 0.1) is 0 Å². The number of ether oxygens (including phenoxy) is 1. The Hall–Kier alpha value is -2.57. The highest BCUT2D eigenvalue weighted by molar-refractivity contribution is 6.00. The molecule has 110 valence electrons. The van der Waals surface area contributed by atoms with E-state index in [2.05, 4.69) is 10.6 Å². The molecular weight excluding hydrogens is 276 g/mol. The number of hydrogen-bond donors (Lipinski definition) is 3. The molecule has 21 heavy (non-hydrogen) atoms. The molecule has 7 heteroatoms. The molecule has 2 amide bonds. The highest BCUT2D eigenvalue weighted by atomic mass is 16.5. The Kier molecular flexibility index (Phi) is 3.04. The van der Waals surface area contributed by atoms with Crippen molar-refractivity contribution in [3.8, 4) is 5.75 Å². The zero-order valence-corrected chi connectivity index (χ0v) is 11.1. The number of carboxylic acids is 1. The average molecular weight is 290 g/mol. The van der Waals surface area contributed by atoms with Crippen molar-refractivity contribution in [1.82, 2.24) is 5.32 Å². The molecule has 1 aromatic rings. The Morgan fingerprint density at radius 1 is 1.33 bits per heavy atom. The molecule has 7 nitrogen and oxygen atoms in total. The van der Waals surface area contributed by atoms with E-state index in [0.29, 0.717) is 29.8 Å². The fourth-order valence-electron chi connectivity index (χ4n) is 2.43. The van der Waals surface area contributed by atoms with Crippen molar-refractivity contribution < 1.29 is 24.2 Å². The molecule has 1 saturated carbocycles. The predicted molar refractivity (Wildman–Crippen MR) is 72.3 cm³/mol. The number of anilines is 1. The van der Waals surface area contributed by atoms with Crippen LogP contribution in [0.4, 0.5) is 5.69 Å². The SMILES string of the molecule is O=C1COc2cc(C(=O)NC3(C(=O)O)CCC3)ccc2N1. The van der Waals surface area contributed by atoms with Gasteiger partial charge in [0, 0.05) is 5.56 Å². The lowest BCUT2D eigenvalue weighted by Gasteiger charge is -2.38. The van der Waals surface area contributed by atoms with Gasteiger partial charge in [0.1, 0.15) is 11.3 Å². The lowest BCUT2D eigenvalue weighted by Crippen LogP contribution is -2.59. The van der Waals surface area contributed by atoms with Crippen LogP contribution in [0.15, 0.2) is 18.2 Å². The third-order valence-corrected chi connectivity index (χ3v) is 3.85. The van der Waals surface area contributed by atoms with Crippen molar-refractivity contribution >= 4 is 23.5 Å². The van der Waals surface area contributed by atoms with E-state index in [1.165, 1.54) is 12.1 Å². The molecule has 0 saturated heterocycles. The van der Waals surface area contributed by atoms with E-state index >= 15 is 0 Å². The second-order valence-electron chi connectivity index (χ2n) is 5.24. The number of aliphatic carboxylic acids is 1. The van der Waals surface area contributed by atoms with Gasteiger partial charge >= 0.3 is 5.97 Å². The van der Waals surface area contributed by atoms with E-state index in [1.807, 2.05) is 0 Å². The summed E-state index contributed by atoms with van der Waals surface area (Å²) in [6, 6.07) is 4.59. The largest absolute Gasteiger partial charge is 0.482 e. The summed E-state index contributed by atoms with van der Waals surface area (Å²) in [6.07, 6.45) is 1.66. The fraction of sp³-hybridized carbons (Fsp3) is 0.357. The molecule has 0 spiro atoms. The smallest absolute Gasteiger partial charge is 0.329 e. The Labute approximate surface area is 120 Å². The number of nitrogens with one attached hydrogen (secondary N) is 2. The molecule has 1 aliphatic carbocycles. The van der Waals surface area contributed by atoms with Crippen molar-refractivity contribution in [2.24, 2.45) is 0 Å². The van der Waals surface area contributed by atoms with Crippen LogP contribution < -0.4 is 15.4 Å². The lowest BCUT2D eigenvalue weighted by atomic mass is 9.76. The number of carboxylic acid groups (broad SMARTS) is 1. The maximum Gasteiger partial charge on any atom is 0.329 e. The van der Waals surface area contributed by atoms with E-state index in [-0.39, 0.29) is 12.5 Å².